The molecule has 0 bridgehead atoms. The summed E-state index contributed by atoms with van der Waals surface area (Å²) < 4.78 is 0. The number of amides is 2. The lowest BCUT2D eigenvalue weighted by Gasteiger charge is -2.26. The van der Waals surface area contributed by atoms with Gasteiger partial charge in [-0.2, -0.15) is 0 Å². The largest absolute Gasteiger partial charge is 0.393 e. The molecule has 1 saturated carbocycles. The van der Waals surface area contributed by atoms with Gasteiger partial charge >= 0.3 is 0 Å². The van der Waals surface area contributed by atoms with Crippen LogP contribution in [-0.4, -0.2) is 35.6 Å². The third-order valence-electron chi connectivity index (χ3n) is 4.10. The van der Waals surface area contributed by atoms with Gasteiger partial charge in [0, 0.05) is 24.2 Å². The van der Waals surface area contributed by atoms with Crippen molar-refractivity contribution < 1.29 is 14.7 Å². The van der Waals surface area contributed by atoms with Gasteiger partial charge in [0.25, 0.3) is 5.91 Å². The zero-order chi connectivity index (χ0) is 18.4. The molecule has 0 spiro atoms. The van der Waals surface area contributed by atoms with Crippen molar-refractivity contribution >= 4 is 17.9 Å². The molecule has 5 nitrogen and oxygen atoms in total. The molecular formula is C20H28N2O3. The number of carbonyl (C=O) groups is 2. The minimum absolute atomic E-state index is 0.0453. The van der Waals surface area contributed by atoms with Gasteiger partial charge < -0.3 is 15.7 Å². The van der Waals surface area contributed by atoms with Crippen LogP contribution < -0.4 is 10.6 Å². The van der Waals surface area contributed by atoms with Gasteiger partial charge in [-0.3, -0.25) is 9.59 Å². The normalized spacial score (nSPS) is 15.8. The van der Waals surface area contributed by atoms with E-state index in [9.17, 15) is 14.7 Å². The number of nitrogens with one attached hydrogen (secondary N) is 2. The molecular weight excluding hydrogens is 316 g/mol. The van der Waals surface area contributed by atoms with E-state index in [0.29, 0.717) is 24.6 Å². The van der Waals surface area contributed by atoms with Gasteiger partial charge in [0.2, 0.25) is 5.91 Å². The van der Waals surface area contributed by atoms with Crippen molar-refractivity contribution in [1.29, 1.82) is 0 Å². The predicted molar refractivity (Wildman–Crippen MR) is 99.1 cm³/mol. The summed E-state index contributed by atoms with van der Waals surface area (Å²) in [6.07, 6.45) is 5.57. The van der Waals surface area contributed by atoms with Crippen LogP contribution in [0, 0.1) is 5.41 Å². The van der Waals surface area contributed by atoms with Crippen LogP contribution >= 0.6 is 0 Å². The summed E-state index contributed by atoms with van der Waals surface area (Å²) >= 11 is 0. The quantitative estimate of drug-likeness (QED) is 0.634. The van der Waals surface area contributed by atoms with Crippen LogP contribution in [0.15, 0.2) is 30.3 Å². The summed E-state index contributed by atoms with van der Waals surface area (Å²) in [7, 11) is 0. The molecule has 1 unspecified atom stereocenters. The van der Waals surface area contributed by atoms with E-state index in [4.69, 9.17) is 0 Å². The van der Waals surface area contributed by atoms with Gasteiger partial charge in [-0.05, 0) is 55.4 Å². The molecule has 1 atom stereocenters. The highest BCUT2D eigenvalue weighted by Gasteiger charge is 2.23. The average molecular weight is 344 g/mol. The number of benzene rings is 1. The smallest absolute Gasteiger partial charge is 0.251 e. The number of hydrogen-bond acceptors (Lipinski definition) is 3. The molecule has 5 heteroatoms. The average Bonchev–Trinajstić information content (AvgIpc) is 3.34. The Morgan fingerprint density at radius 1 is 1.28 bits per heavy atom. The molecule has 136 valence electrons. The topological polar surface area (TPSA) is 78.4 Å². The van der Waals surface area contributed by atoms with Gasteiger partial charge in [-0.15, -0.1) is 0 Å². The third-order valence-corrected chi connectivity index (χ3v) is 4.10. The van der Waals surface area contributed by atoms with Crippen molar-refractivity contribution in [2.45, 2.75) is 52.2 Å². The number of aliphatic hydroxyl groups is 1. The summed E-state index contributed by atoms with van der Waals surface area (Å²) in [6, 6.07) is 7.52. The third kappa shape index (κ3) is 7.10. The highest BCUT2D eigenvalue weighted by Crippen LogP contribution is 2.21. The summed E-state index contributed by atoms with van der Waals surface area (Å²) in [5, 5.41) is 15.3. The van der Waals surface area contributed by atoms with Gasteiger partial charge in [-0.25, -0.2) is 0 Å². The number of aliphatic hydroxyl groups excluding tert-OH is 1. The maximum absolute atomic E-state index is 11.9. The number of hydrogen-bond donors (Lipinski definition) is 3. The van der Waals surface area contributed by atoms with E-state index < -0.39 is 6.10 Å². The Morgan fingerprint density at radius 2 is 1.92 bits per heavy atom. The molecule has 0 aliphatic heterocycles. The Hall–Kier alpha value is -2.14. The molecule has 1 aliphatic carbocycles. The van der Waals surface area contributed by atoms with Crippen molar-refractivity contribution in [3.8, 4) is 0 Å². The van der Waals surface area contributed by atoms with Crippen LogP contribution in [0.5, 0.6) is 0 Å². The first kappa shape index (κ1) is 19.2. The van der Waals surface area contributed by atoms with Crippen molar-refractivity contribution in [2.75, 3.05) is 6.54 Å². The molecule has 1 aromatic carbocycles. The van der Waals surface area contributed by atoms with E-state index in [1.165, 1.54) is 6.08 Å². The predicted octanol–water partition coefficient (Wildman–Crippen LogP) is 2.51. The molecule has 0 aromatic heterocycles. The molecule has 25 heavy (non-hydrogen) atoms. The number of rotatable bonds is 8. The fraction of sp³-hybridized carbons (Fsp3) is 0.500. The monoisotopic (exact) mass is 344 g/mol. The lowest BCUT2D eigenvalue weighted by molar-refractivity contribution is -0.117. The second-order valence-corrected chi connectivity index (χ2v) is 7.64. The molecule has 2 amide bonds. The van der Waals surface area contributed by atoms with Crippen LogP contribution in [0.3, 0.4) is 0 Å². The zero-order valence-electron chi connectivity index (χ0n) is 15.2. The standard InChI is InChI=1S/C20H28N2O3/c1-14(23)12-20(2,3)13-21-18(24)11-6-15-4-7-16(8-5-15)19(25)22-17-9-10-17/h4-8,11,14,17,23H,9-10,12-13H2,1-3H3,(H,21,24)(H,22,25). The first-order valence-electron chi connectivity index (χ1n) is 8.80. The number of carbonyl (C=O) groups excluding carboxylic acids is 2. The molecule has 1 aliphatic rings. The van der Waals surface area contributed by atoms with Gasteiger partial charge in [0.15, 0.2) is 0 Å². The van der Waals surface area contributed by atoms with Crippen LogP contribution in [0.2, 0.25) is 0 Å². The molecule has 0 heterocycles. The Morgan fingerprint density at radius 3 is 2.48 bits per heavy atom. The van der Waals surface area contributed by atoms with Crippen LogP contribution in [0.25, 0.3) is 6.08 Å². The fourth-order valence-corrected chi connectivity index (χ4v) is 2.67. The molecule has 1 aromatic rings. The Kier molecular flexibility index (Phi) is 6.37. The van der Waals surface area contributed by atoms with Crippen molar-refractivity contribution in [1.82, 2.24) is 10.6 Å². The molecule has 2 rings (SSSR count). The Bertz CT molecular complexity index is 629. The zero-order valence-corrected chi connectivity index (χ0v) is 15.2. The van der Waals surface area contributed by atoms with Gasteiger partial charge in [0.1, 0.15) is 0 Å². The van der Waals surface area contributed by atoms with E-state index in [-0.39, 0.29) is 17.2 Å². The SMILES string of the molecule is CC(O)CC(C)(C)CNC(=O)C=Cc1ccc(C(=O)NC2CC2)cc1. The van der Waals surface area contributed by atoms with E-state index in [1.54, 1.807) is 25.1 Å². The maximum atomic E-state index is 11.9. The highest BCUT2D eigenvalue weighted by molar-refractivity contribution is 5.95. The first-order chi connectivity index (χ1) is 11.7. The maximum Gasteiger partial charge on any atom is 0.251 e. The molecule has 1 fully saturated rings. The second kappa shape index (κ2) is 8.30. The van der Waals surface area contributed by atoms with Crippen molar-refractivity contribution in [2.24, 2.45) is 5.41 Å². The Labute approximate surface area is 149 Å². The van der Waals surface area contributed by atoms with E-state index >= 15 is 0 Å². The van der Waals surface area contributed by atoms with Crippen LogP contribution in [-0.2, 0) is 4.79 Å². The van der Waals surface area contributed by atoms with Gasteiger partial charge in [-0.1, -0.05) is 26.0 Å². The lowest BCUT2D eigenvalue weighted by atomic mass is 9.87. The summed E-state index contributed by atoms with van der Waals surface area (Å²) in [5.41, 5.74) is 1.34. The summed E-state index contributed by atoms with van der Waals surface area (Å²) in [5.74, 6) is -0.217. The first-order valence-corrected chi connectivity index (χ1v) is 8.80. The minimum Gasteiger partial charge on any atom is -0.393 e. The molecule has 3 N–H and O–H groups in total. The van der Waals surface area contributed by atoms with E-state index in [1.807, 2.05) is 26.0 Å². The van der Waals surface area contributed by atoms with Crippen molar-refractivity contribution in [3.05, 3.63) is 41.5 Å². The van der Waals surface area contributed by atoms with Crippen molar-refractivity contribution in [3.63, 3.8) is 0 Å². The summed E-state index contributed by atoms with van der Waals surface area (Å²) in [4.78, 5) is 23.8. The second-order valence-electron chi connectivity index (χ2n) is 7.64. The summed E-state index contributed by atoms with van der Waals surface area (Å²) in [6.45, 7) is 6.27. The highest BCUT2D eigenvalue weighted by atomic mass is 16.3. The minimum atomic E-state index is -0.391. The Balaban J connectivity index is 1.81. The molecule has 0 saturated heterocycles. The lowest BCUT2D eigenvalue weighted by Crippen LogP contribution is -2.34. The van der Waals surface area contributed by atoms with Crippen LogP contribution in [0.4, 0.5) is 0 Å². The molecule has 0 radical (unpaired) electrons. The fourth-order valence-electron chi connectivity index (χ4n) is 2.67. The van der Waals surface area contributed by atoms with E-state index in [2.05, 4.69) is 10.6 Å². The van der Waals surface area contributed by atoms with Gasteiger partial charge in [0.05, 0.1) is 6.10 Å². The van der Waals surface area contributed by atoms with Crippen LogP contribution in [0.1, 0.15) is 56.0 Å². The van der Waals surface area contributed by atoms with E-state index in [0.717, 1.165) is 18.4 Å².